The van der Waals surface area contributed by atoms with Crippen molar-refractivity contribution < 1.29 is 24.1 Å². The summed E-state index contributed by atoms with van der Waals surface area (Å²) in [5.41, 5.74) is -1.43. The molecule has 2 saturated heterocycles. The van der Waals surface area contributed by atoms with E-state index in [9.17, 15) is 19.5 Å². The molecule has 9 nitrogen and oxygen atoms in total. The van der Waals surface area contributed by atoms with Crippen LogP contribution in [-0.4, -0.2) is 50.7 Å². The third-order valence-corrected chi connectivity index (χ3v) is 4.27. The molecule has 0 amide bonds. The maximum atomic E-state index is 12.5. The van der Waals surface area contributed by atoms with E-state index in [2.05, 4.69) is 0 Å². The van der Waals surface area contributed by atoms with Gasteiger partial charge in [-0.15, -0.1) is 0 Å². The van der Waals surface area contributed by atoms with Gasteiger partial charge in [-0.1, -0.05) is 0 Å². The van der Waals surface area contributed by atoms with Crippen LogP contribution in [0.1, 0.15) is 37.4 Å². The summed E-state index contributed by atoms with van der Waals surface area (Å²) < 4.78 is 19.3. The molecule has 2 aliphatic heterocycles. The maximum absolute atomic E-state index is 12.5. The summed E-state index contributed by atoms with van der Waals surface area (Å²) in [6, 6.07) is 0. The zero-order valence-corrected chi connectivity index (χ0v) is 13.9. The highest BCUT2D eigenvalue weighted by molar-refractivity contribution is 5.93. The van der Waals surface area contributed by atoms with Crippen LogP contribution in [0.3, 0.4) is 0 Å². The van der Waals surface area contributed by atoms with Crippen molar-refractivity contribution >= 4 is 5.78 Å². The number of nitrogens with zero attached hydrogens (tertiary/aromatic N) is 2. The molecule has 2 aliphatic rings. The Morgan fingerprint density at radius 1 is 1.29 bits per heavy atom. The van der Waals surface area contributed by atoms with Crippen LogP contribution < -0.4 is 11.2 Å². The Bertz CT molecular complexity index is 794. The van der Waals surface area contributed by atoms with Crippen molar-refractivity contribution in [1.29, 1.82) is 0 Å². The molecule has 0 aliphatic carbocycles. The maximum Gasteiger partial charge on any atom is 0.332 e. The summed E-state index contributed by atoms with van der Waals surface area (Å²) in [6.45, 7) is 4.39. The first-order valence-electron chi connectivity index (χ1n) is 7.61. The number of aliphatic hydroxyl groups excluding tert-OH is 1. The van der Waals surface area contributed by atoms with Crippen LogP contribution in [0.4, 0.5) is 0 Å². The lowest BCUT2D eigenvalue weighted by atomic mass is 10.1. The fourth-order valence-corrected chi connectivity index (χ4v) is 3.14. The Labute approximate surface area is 137 Å². The topological polar surface area (TPSA) is 109 Å². The number of fused-ring (bicyclic) bond motifs is 1. The second-order valence-corrected chi connectivity index (χ2v) is 6.47. The molecule has 0 unspecified atom stereocenters. The first-order valence-corrected chi connectivity index (χ1v) is 7.61. The van der Waals surface area contributed by atoms with Crippen molar-refractivity contribution in [3.63, 3.8) is 0 Å². The van der Waals surface area contributed by atoms with Gasteiger partial charge >= 0.3 is 5.69 Å². The fraction of sp³-hybridized carbons (Fsp3) is 0.667. The van der Waals surface area contributed by atoms with Crippen LogP contribution in [0, 0.1) is 0 Å². The van der Waals surface area contributed by atoms with Crippen LogP contribution >= 0.6 is 0 Å². The van der Waals surface area contributed by atoms with Gasteiger partial charge in [0.2, 0.25) is 0 Å². The van der Waals surface area contributed by atoms with Crippen molar-refractivity contribution in [2.75, 3.05) is 6.61 Å². The smallest absolute Gasteiger partial charge is 0.332 e. The van der Waals surface area contributed by atoms with Crippen molar-refractivity contribution in [3.05, 3.63) is 32.6 Å². The number of carbonyl (C=O) groups is 1. The van der Waals surface area contributed by atoms with Crippen molar-refractivity contribution in [2.45, 2.75) is 51.1 Å². The predicted molar refractivity (Wildman–Crippen MR) is 80.8 cm³/mol. The van der Waals surface area contributed by atoms with E-state index in [4.69, 9.17) is 14.2 Å². The van der Waals surface area contributed by atoms with Gasteiger partial charge in [-0.05, 0) is 20.8 Å². The second kappa shape index (κ2) is 5.62. The second-order valence-electron chi connectivity index (χ2n) is 6.47. The van der Waals surface area contributed by atoms with Gasteiger partial charge in [0, 0.05) is 13.2 Å². The van der Waals surface area contributed by atoms with Gasteiger partial charge in [0.15, 0.2) is 17.8 Å². The standard InChI is InChI=1S/C15H20N2O7/c1-7(19)8-5-17(14(21)16(4)12(8)20)13-11-10(9(6-18)22-13)23-15(2,3)24-11/h5,9-11,13,18H,6H2,1-4H3/t9-,10+,11+,13-/m0/s1. The van der Waals surface area contributed by atoms with Crippen molar-refractivity contribution in [2.24, 2.45) is 7.05 Å². The number of aromatic nitrogens is 2. The largest absolute Gasteiger partial charge is 0.394 e. The number of aliphatic hydroxyl groups is 1. The number of rotatable bonds is 3. The lowest BCUT2D eigenvalue weighted by Gasteiger charge is -2.24. The van der Waals surface area contributed by atoms with Gasteiger partial charge < -0.3 is 19.3 Å². The van der Waals surface area contributed by atoms with Gasteiger partial charge in [-0.25, -0.2) is 4.79 Å². The first-order chi connectivity index (χ1) is 11.2. The number of carbonyl (C=O) groups excluding carboxylic acids is 1. The van der Waals surface area contributed by atoms with Crippen LogP contribution in [0.25, 0.3) is 0 Å². The zero-order valence-electron chi connectivity index (χ0n) is 13.9. The van der Waals surface area contributed by atoms with Crippen LogP contribution in [-0.2, 0) is 21.3 Å². The molecular formula is C15H20N2O7. The molecular weight excluding hydrogens is 320 g/mol. The molecule has 4 atom stereocenters. The van der Waals surface area contributed by atoms with Crippen molar-refractivity contribution in [3.8, 4) is 0 Å². The molecule has 2 fully saturated rings. The zero-order chi connectivity index (χ0) is 17.8. The quantitative estimate of drug-likeness (QED) is 0.715. The van der Waals surface area contributed by atoms with Crippen LogP contribution in [0.2, 0.25) is 0 Å². The van der Waals surface area contributed by atoms with Gasteiger partial charge in [-0.2, -0.15) is 0 Å². The summed E-state index contributed by atoms with van der Waals surface area (Å²) in [5, 5.41) is 9.50. The lowest BCUT2D eigenvalue weighted by molar-refractivity contribution is -0.200. The predicted octanol–water partition coefficient (Wildman–Crippen LogP) is -0.841. The van der Waals surface area contributed by atoms with E-state index in [1.54, 1.807) is 13.8 Å². The van der Waals surface area contributed by atoms with Gasteiger partial charge in [0.25, 0.3) is 5.56 Å². The Kier molecular flexibility index (Phi) is 3.99. The molecule has 1 aromatic rings. The minimum atomic E-state index is -0.911. The van der Waals surface area contributed by atoms with Crippen LogP contribution in [0.5, 0.6) is 0 Å². The molecule has 1 aromatic heterocycles. The van der Waals surface area contributed by atoms with E-state index >= 15 is 0 Å². The summed E-state index contributed by atoms with van der Waals surface area (Å²) in [6.07, 6.45) is -1.60. The number of ketones is 1. The minimum Gasteiger partial charge on any atom is -0.394 e. The molecule has 0 bridgehead atoms. The first kappa shape index (κ1) is 17.0. The molecule has 0 saturated carbocycles. The molecule has 0 spiro atoms. The van der Waals surface area contributed by atoms with E-state index in [-0.39, 0.29) is 12.2 Å². The summed E-state index contributed by atoms with van der Waals surface area (Å²) in [4.78, 5) is 36.2. The third-order valence-electron chi connectivity index (χ3n) is 4.27. The highest BCUT2D eigenvalue weighted by Gasteiger charge is 2.56. The average molecular weight is 340 g/mol. The highest BCUT2D eigenvalue weighted by Crippen LogP contribution is 2.42. The van der Waals surface area contributed by atoms with E-state index in [0.29, 0.717) is 0 Å². The van der Waals surface area contributed by atoms with Crippen LogP contribution in [0.15, 0.2) is 15.8 Å². The van der Waals surface area contributed by atoms with Gasteiger partial charge in [-0.3, -0.25) is 18.7 Å². The Morgan fingerprint density at radius 2 is 1.92 bits per heavy atom. The summed E-state index contributed by atoms with van der Waals surface area (Å²) in [5.74, 6) is -1.35. The molecule has 3 rings (SSSR count). The number of hydrogen-bond acceptors (Lipinski definition) is 7. The summed E-state index contributed by atoms with van der Waals surface area (Å²) >= 11 is 0. The van der Waals surface area contributed by atoms with E-state index in [1.807, 2.05) is 0 Å². The lowest BCUT2D eigenvalue weighted by Crippen LogP contribution is -2.44. The van der Waals surface area contributed by atoms with Crippen molar-refractivity contribution in [1.82, 2.24) is 9.13 Å². The SMILES string of the molecule is CC(=O)c1cn([C@H]2O[C@@H](CO)[C@H]3OC(C)(C)O[C@H]32)c(=O)n(C)c1=O. The molecule has 0 radical (unpaired) electrons. The highest BCUT2D eigenvalue weighted by atomic mass is 16.8. The van der Waals surface area contributed by atoms with Gasteiger partial charge in [0.1, 0.15) is 18.3 Å². The fourth-order valence-electron chi connectivity index (χ4n) is 3.14. The average Bonchev–Trinajstić information content (AvgIpc) is 2.98. The molecule has 3 heterocycles. The monoisotopic (exact) mass is 340 g/mol. The Morgan fingerprint density at radius 3 is 2.50 bits per heavy atom. The Hall–Kier alpha value is -1.81. The minimum absolute atomic E-state index is 0.122. The third kappa shape index (κ3) is 2.53. The molecule has 0 aromatic carbocycles. The molecule has 9 heteroatoms. The molecule has 1 N–H and O–H groups in total. The number of hydrogen-bond donors (Lipinski definition) is 1. The molecule has 24 heavy (non-hydrogen) atoms. The van der Waals surface area contributed by atoms with E-state index < -0.39 is 47.4 Å². The number of ether oxygens (including phenoxy) is 3. The summed E-state index contributed by atoms with van der Waals surface area (Å²) in [7, 11) is 1.29. The van der Waals surface area contributed by atoms with E-state index in [1.165, 1.54) is 20.2 Å². The Balaban J connectivity index is 2.11. The van der Waals surface area contributed by atoms with E-state index in [0.717, 1.165) is 9.13 Å². The van der Waals surface area contributed by atoms with Gasteiger partial charge in [0.05, 0.1) is 12.2 Å². The number of Topliss-reactive ketones (excluding diaryl/α,β-unsaturated/α-hetero) is 1. The molecule has 132 valence electrons. The normalized spacial score (nSPS) is 31.2.